The number of rotatable bonds is 5. The number of hydrogen-bond acceptors (Lipinski definition) is 3. The van der Waals surface area contributed by atoms with Crippen molar-refractivity contribution >= 4 is 11.9 Å². The van der Waals surface area contributed by atoms with Crippen LogP contribution in [0.15, 0.2) is 24.3 Å². The van der Waals surface area contributed by atoms with Gasteiger partial charge >= 0.3 is 5.97 Å². The molecule has 1 fully saturated rings. The van der Waals surface area contributed by atoms with E-state index in [-0.39, 0.29) is 24.6 Å². The maximum atomic E-state index is 11.9. The van der Waals surface area contributed by atoms with Gasteiger partial charge in [-0.1, -0.05) is 31.0 Å². The SMILES string of the molecule is O=C(Cc1ccccc1O)NCC1(C(=O)O)CCCC1. The van der Waals surface area contributed by atoms with Crippen molar-refractivity contribution in [2.75, 3.05) is 6.54 Å². The minimum absolute atomic E-state index is 0.0579. The first kappa shape index (κ1) is 14.4. The number of benzene rings is 1. The van der Waals surface area contributed by atoms with E-state index in [1.807, 2.05) is 0 Å². The Kier molecular flexibility index (Phi) is 4.27. The minimum Gasteiger partial charge on any atom is -0.508 e. The molecular weight excluding hydrogens is 258 g/mol. The van der Waals surface area contributed by atoms with E-state index in [0.29, 0.717) is 18.4 Å². The van der Waals surface area contributed by atoms with Crippen LogP contribution in [0.4, 0.5) is 0 Å². The lowest BCUT2D eigenvalue weighted by Gasteiger charge is -2.24. The second kappa shape index (κ2) is 5.94. The highest BCUT2D eigenvalue weighted by molar-refractivity contribution is 5.81. The van der Waals surface area contributed by atoms with Gasteiger partial charge in [0.15, 0.2) is 0 Å². The van der Waals surface area contributed by atoms with Crippen molar-refractivity contribution in [1.29, 1.82) is 0 Å². The molecule has 3 N–H and O–H groups in total. The Balaban J connectivity index is 1.92. The maximum Gasteiger partial charge on any atom is 0.311 e. The number of carbonyl (C=O) groups is 2. The van der Waals surface area contributed by atoms with Crippen LogP contribution in [0.25, 0.3) is 0 Å². The molecule has 0 saturated heterocycles. The molecule has 0 aromatic heterocycles. The third-order valence-corrected chi connectivity index (χ3v) is 3.98. The third kappa shape index (κ3) is 3.10. The van der Waals surface area contributed by atoms with E-state index in [9.17, 15) is 19.8 Å². The van der Waals surface area contributed by atoms with Gasteiger partial charge in [0, 0.05) is 12.1 Å². The second-order valence-electron chi connectivity index (χ2n) is 5.37. The molecule has 1 aromatic carbocycles. The summed E-state index contributed by atoms with van der Waals surface area (Å²) in [6.07, 6.45) is 3.06. The number of aromatic hydroxyl groups is 1. The van der Waals surface area contributed by atoms with Crippen LogP contribution < -0.4 is 5.32 Å². The number of amides is 1. The van der Waals surface area contributed by atoms with Gasteiger partial charge in [-0.15, -0.1) is 0 Å². The van der Waals surface area contributed by atoms with Crippen LogP contribution >= 0.6 is 0 Å². The van der Waals surface area contributed by atoms with Gasteiger partial charge in [0.1, 0.15) is 5.75 Å². The van der Waals surface area contributed by atoms with E-state index < -0.39 is 11.4 Å². The summed E-state index contributed by atoms with van der Waals surface area (Å²) in [6.45, 7) is 0.161. The molecule has 2 rings (SSSR count). The number of carboxylic acid groups (broad SMARTS) is 1. The highest BCUT2D eigenvalue weighted by Gasteiger charge is 2.41. The Bertz CT molecular complexity index is 506. The molecule has 0 atom stereocenters. The van der Waals surface area contributed by atoms with Crippen LogP contribution in [0, 0.1) is 5.41 Å². The molecule has 1 aromatic rings. The number of para-hydroxylation sites is 1. The fourth-order valence-corrected chi connectivity index (χ4v) is 2.68. The molecule has 1 saturated carbocycles. The van der Waals surface area contributed by atoms with Gasteiger partial charge in [-0.25, -0.2) is 0 Å². The van der Waals surface area contributed by atoms with Crippen LogP contribution in [0.1, 0.15) is 31.2 Å². The van der Waals surface area contributed by atoms with Gasteiger partial charge in [-0.2, -0.15) is 0 Å². The van der Waals surface area contributed by atoms with Crippen molar-refractivity contribution < 1.29 is 19.8 Å². The zero-order valence-electron chi connectivity index (χ0n) is 11.3. The largest absolute Gasteiger partial charge is 0.508 e. The van der Waals surface area contributed by atoms with E-state index in [1.54, 1.807) is 18.2 Å². The quantitative estimate of drug-likeness (QED) is 0.764. The van der Waals surface area contributed by atoms with Crippen LogP contribution in [0.2, 0.25) is 0 Å². The lowest BCUT2D eigenvalue weighted by molar-refractivity contribution is -0.148. The Morgan fingerprint density at radius 1 is 1.20 bits per heavy atom. The molecule has 0 unspecified atom stereocenters. The molecule has 0 heterocycles. The zero-order valence-corrected chi connectivity index (χ0v) is 11.3. The first-order valence-electron chi connectivity index (χ1n) is 6.80. The maximum absolute atomic E-state index is 11.9. The summed E-state index contributed by atoms with van der Waals surface area (Å²) in [4.78, 5) is 23.2. The van der Waals surface area contributed by atoms with Crippen LogP contribution in [-0.4, -0.2) is 28.6 Å². The first-order valence-corrected chi connectivity index (χ1v) is 6.80. The van der Waals surface area contributed by atoms with Crippen molar-refractivity contribution in [1.82, 2.24) is 5.32 Å². The normalized spacial score (nSPS) is 16.8. The second-order valence-corrected chi connectivity index (χ2v) is 5.37. The smallest absolute Gasteiger partial charge is 0.311 e. The topological polar surface area (TPSA) is 86.6 Å². The lowest BCUT2D eigenvalue weighted by Crippen LogP contribution is -2.41. The Labute approximate surface area is 117 Å². The molecule has 0 aliphatic heterocycles. The van der Waals surface area contributed by atoms with Gasteiger partial charge in [0.05, 0.1) is 11.8 Å². The third-order valence-electron chi connectivity index (χ3n) is 3.98. The van der Waals surface area contributed by atoms with Crippen molar-refractivity contribution in [2.24, 2.45) is 5.41 Å². The monoisotopic (exact) mass is 277 g/mol. The van der Waals surface area contributed by atoms with Gasteiger partial charge in [-0.05, 0) is 18.9 Å². The van der Waals surface area contributed by atoms with Crippen LogP contribution in [-0.2, 0) is 16.0 Å². The number of aliphatic carboxylic acids is 1. The number of carbonyl (C=O) groups excluding carboxylic acids is 1. The van der Waals surface area contributed by atoms with E-state index >= 15 is 0 Å². The molecule has 1 amide bonds. The summed E-state index contributed by atoms with van der Waals surface area (Å²) < 4.78 is 0. The molecule has 1 aliphatic carbocycles. The molecule has 0 spiro atoms. The summed E-state index contributed by atoms with van der Waals surface area (Å²) in [5.74, 6) is -1.02. The van der Waals surface area contributed by atoms with Gasteiger partial charge in [0.2, 0.25) is 5.91 Å². The molecule has 5 nitrogen and oxygen atoms in total. The Morgan fingerprint density at radius 3 is 2.45 bits per heavy atom. The van der Waals surface area contributed by atoms with Crippen molar-refractivity contribution in [3.63, 3.8) is 0 Å². The standard InChI is InChI=1S/C15H19NO4/c17-12-6-2-1-5-11(12)9-13(18)16-10-15(14(19)20)7-3-4-8-15/h1-2,5-6,17H,3-4,7-10H2,(H,16,18)(H,19,20). The predicted molar refractivity (Wildman–Crippen MR) is 73.4 cm³/mol. The average Bonchev–Trinajstić information content (AvgIpc) is 2.89. The highest BCUT2D eigenvalue weighted by Crippen LogP contribution is 2.37. The number of phenols is 1. The molecule has 1 aliphatic rings. The van der Waals surface area contributed by atoms with Crippen LogP contribution in [0.3, 0.4) is 0 Å². The summed E-state index contributed by atoms with van der Waals surface area (Å²) in [5, 5.41) is 21.6. The van der Waals surface area contributed by atoms with E-state index in [0.717, 1.165) is 12.8 Å². The Morgan fingerprint density at radius 2 is 1.85 bits per heavy atom. The van der Waals surface area contributed by atoms with E-state index in [4.69, 9.17) is 0 Å². The number of nitrogens with one attached hydrogen (secondary N) is 1. The fraction of sp³-hybridized carbons (Fsp3) is 0.467. The van der Waals surface area contributed by atoms with Gasteiger partial charge in [0.25, 0.3) is 0 Å². The summed E-state index contributed by atoms with van der Waals surface area (Å²) in [5.41, 5.74) is -0.269. The van der Waals surface area contributed by atoms with Crippen molar-refractivity contribution in [3.05, 3.63) is 29.8 Å². The van der Waals surface area contributed by atoms with Crippen molar-refractivity contribution in [3.8, 4) is 5.75 Å². The average molecular weight is 277 g/mol. The number of hydrogen-bond donors (Lipinski definition) is 3. The molecule has 20 heavy (non-hydrogen) atoms. The highest BCUT2D eigenvalue weighted by atomic mass is 16.4. The molecule has 0 bridgehead atoms. The van der Waals surface area contributed by atoms with Gasteiger partial charge in [-0.3, -0.25) is 9.59 Å². The van der Waals surface area contributed by atoms with Gasteiger partial charge < -0.3 is 15.5 Å². The van der Waals surface area contributed by atoms with E-state index in [2.05, 4.69) is 5.32 Å². The fourth-order valence-electron chi connectivity index (χ4n) is 2.68. The molecule has 5 heteroatoms. The number of carboxylic acids is 1. The Hall–Kier alpha value is -2.04. The predicted octanol–water partition coefficient (Wildman–Crippen LogP) is 1.70. The summed E-state index contributed by atoms with van der Waals surface area (Å²) in [7, 11) is 0. The number of phenolic OH excluding ortho intramolecular Hbond substituents is 1. The molecule has 108 valence electrons. The summed E-state index contributed by atoms with van der Waals surface area (Å²) >= 11 is 0. The first-order chi connectivity index (χ1) is 9.53. The van der Waals surface area contributed by atoms with Crippen LogP contribution in [0.5, 0.6) is 5.75 Å². The minimum atomic E-state index is -0.835. The van der Waals surface area contributed by atoms with E-state index in [1.165, 1.54) is 6.07 Å². The van der Waals surface area contributed by atoms with Crippen molar-refractivity contribution in [2.45, 2.75) is 32.1 Å². The molecule has 0 radical (unpaired) electrons. The molecular formula is C15H19NO4. The summed E-state index contributed by atoms with van der Waals surface area (Å²) in [6, 6.07) is 6.64. The zero-order chi connectivity index (χ0) is 14.6. The lowest BCUT2D eigenvalue weighted by atomic mass is 9.86.